The van der Waals surface area contributed by atoms with E-state index in [1.807, 2.05) is 36.7 Å². The number of rotatable bonds is 4. The fourth-order valence-corrected chi connectivity index (χ4v) is 4.89. The summed E-state index contributed by atoms with van der Waals surface area (Å²) in [4.78, 5) is 28.4. The molecule has 0 saturated carbocycles. The highest BCUT2D eigenvalue weighted by Gasteiger charge is 2.39. The zero-order chi connectivity index (χ0) is 22.8. The van der Waals surface area contributed by atoms with E-state index in [-0.39, 0.29) is 23.7 Å². The van der Waals surface area contributed by atoms with Gasteiger partial charge < -0.3 is 20.3 Å². The van der Waals surface area contributed by atoms with E-state index in [9.17, 15) is 9.59 Å². The van der Waals surface area contributed by atoms with Gasteiger partial charge >= 0.3 is 0 Å². The van der Waals surface area contributed by atoms with Crippen LogP contribution in [0.1, 0.15) is 27.1 Å². The van der Waals surface area contributed by atoms with Gasteiger partial charge in [0.05, 0.1) is 35.9 Å². The van der Waals surface area contributed by atoms with E-state index in [4.69, 9.17) is 16.3 Å². The van der Waals surface area contributed by atoms with Crippen molar-refractivity contribution < 1.29 is 14.3 Å². The van der Waals surface area contributed by atoms with E-state index in [2.05, 4.69) is 21.6 Å². The second-order valence-corrected chi connectivity index (χ2v) is 8.67. The normalized spacial score (nSPS) is 21.5. The van der Waals surface area contributed by atoms with Crippen LogP contribution in [0, 0.1) is 5.92 Å². The van der Waals surface area contributed by atoms with Crippen molar-refractivity contribution in [3.63, 3.8) is 0 Å². The third-order valence-electron chi connectivity index (χ3n) is 6.22. The summed E-state index contributed by atoms with van der Waals surface area (Å²) in [5.74, 6) is -0.505. The molecule has 3 aliphatic rings. The summed E-state index contributed by atoms with van der Waals surface area (Å²) in [6.07, 6.45) is 8.65. The van der Waals surface area contributed by atoms with Crippen LogP contribution in [-0.2, 0) is 4.74 Å². The summed E-state index contributed by atoms with van der Waals surface area (Å²) >= 11 is 6.56. The van der Waals surface area contributed by atoms with E-state index >= 15 is 0 Å². The molecule has 2 aromatic rings. The molecular weight excluding hydrogens is 438 g/mol. The Morgan fingerprint density at radius 2 is 1.97 bits per heavy atom. The number of ketones is 1. The fourth-order valence-electron chi connectivity index (χ4n) is 4.62. The number of ether oxygens (including phenoxy) is 1. The van der Waals surface area contributed by atoms with Crippen LogP contribution < -0.4 is 10.6 Å². The highest BCUT2D eigenvalue weighted by Crippen LogP contribution is 2.36. The summed E-state index contributed by atoms with van der Waals surface area (Å²) in [5.41, 5.74) is 3.67. The Labute approximate surface area is 197 Å². The Balaban J connectivity index is 1.39. The van der Waals surface area contributed by atoms with Crippen LogP contribution in [0.4, 0.5) is 5.69 Å². The van der Waals surface area contributed by atoms with E-state index in [0.29, 0.717) is 41.5 Å². The molecule has 168 valence electrons. The van der Waals surface area contributed by atoms with Gasteiger partial charge in [0.1, 0.15) is 0 Å². The molecule has 1 amide bonds. The zero-order valence-corrected chi connectivity index (χ0v) is 18.7. The lowest BCUT2D eigenvalue weighted by molar-refractivity contribution is 0.0455. The van der Waals surface area contributed by atoms with Crippen molar-refractivity contribution in [2.75, 3.05) is 25.1 Å². The number of allylic oxidation sites excluding steroid dienone is 1. The van der Waals surface area contributed by atoms with Crippen LogP contribution in [0.5, 0.6) is 0 Å². The molecule has 0 radical (unpaired) electrons. The number of hydrogen-bond donors (Lipinski definition) is 2. The van der Waals surface area contributed by atoms with E-state index < -0.39 is 0 Å². The number of fused-ring (bicyclic) bond motifs is 3. The molecule has 1 saturated heterocycles. The first-order valence-corrected chi connectivity index (χ1v) is 11.4. The Morgan fingerprint density at radius 3 is 2.79 bits per heavy atom. The smallest absolute Gasteiger partial charge is 0.255 e. The number of hydrogen-bond acceptors (Lipinski definition) is 5. The third kappa shape index (κ3) is 4.32. The quantitative estimate of drug-likeness (QED) is 0.661. The lowest BCUT2D eigenvalue weighted by atomic mass is 9.79. The number of nitrogens with zero attached hydrogens (tertiary/aromatic N) is 1. The Bertz CT molecular complexity index is 1170. The molecule has 2 heterocycles. The Morgan fingerprint density at radius 1 is 1.12 bits per heavy atom. The summed E-state index contributed by atoms with van der Waals surface area (Å²) in [6.45, 7) is 1.87. The standard InChI is InChI=1S/C26H24ClN3O3/c27-23-13-19(29-26(32)17-5-2-1-3-6-17)9-10-21(23)25(31)22-8-4-7-18-14-28-15-20-16-33-12-11-30(20)24(18)22/h1-7,9-10,13-15,22,24,28H,8,11-12,16H2,(H,29,32). The third-order valence-corrected chi connectivity index (χ3v) is 6.53. The van der Waals surface area contributed by atoms with Crippen LogP contribution in [-0.4, -0.2) is 42.4 Å². The predicted molar refractivity (Wildman–Crippen MR) is 128 cm³/mol. The number of benzene rings is 2. The maximum Gasteiger partial charge on any atom is 0.255 e. The number of carbonyl (C=O) groups is 2. The maximum absolute atomic E-state index is 13.7. The first-order valence-electron chi connectivity index (χ1n) is 11.0. The van der Waals surface area contributed by atoms with E-state index in [1.165, 1.54) is 0 Å². The molecule has 2 unspecified atom stereocenters. The van der Waals surface area contributed by atoms with Gasteiger partial charge in [0, 0.05) is 35.8 Å². The van der Waals surface area contributed by atoms with Gasteiger partial charge in [0.2, 0.25) is 0 Å². The van der Waals surface area contributed by atoms with Crippen LogP contribution in [0.2, 0.25) is 5.02 Å². The largest absolute Gasteiger partial charge is 0.373 e. The minimum Gasteiger partial charge on any atom is -0.373 e. The fraction of sp³-hybridized carbons (Fsp3) is 0.231. The molecule has 6 nitrogen and oxygen atoms in total. The van der Waals surface area contributed by atoms with Gasteiger partial charge in [-0.1, -0.05) is 42.0 Å². The van der Waals surface area contributed by atoms with Gasteiger partial charge in [-0.3, -0.25) is 9.59 Å². The average molecular weight is 462 g/mol. The molecule has 0 aromatic heterocycles. The monoisotopic (exact) mass is 461 g/mol. The van der Waals surface area contributed by atoms with Gasteiger partial charge in [0.25, 0.3) is 5.91 Å². The molecule has 2 atom stereocenters. The number of morpholine rings is 1. The SMILES string of the molecule is O=C(Nc1ccc(C(=O)C2CC=CC3=CNC=C4COCCN4C32)c(Cl)c1)c1ccccc1. The molecule has 0 bridgehead atoms. The van der Waals surface area contributed by atoms with E-state index in [0.717, 1.165) is 17.8 Å². The molecule has 1 aliphatic carbocycles. The molecule has 2 aromatic carbocycles. The van der Waals surface area contributed by atoms with Crippen LogP contribution >= 0.6 is 11.6 Å². The second-order valence-electron chi connectivity index (χ2n) is 8.26. The van der Waals surface area contributed by atoms with Crippen molar-refractivity contribution in [1.82, 2.24) is 10.2 Å². The van der Waals surface area contributed by atoms with Crippen molar-refractivity contribution in [1.29, 1.82) is 0 Å². The van der Waals surface area contributed by atoms with Crippen molar-refractivity contribution in [2.45, 2.75) is 12.5 Å². The number of nitrogens with one attached hydrogen (secondary N) is 2. The lowest BCUT2D eigenvalue weighted by Gasteiger charge is -2.42. The van der Waals surface area contributed by atoms with Crippen molar-refractivity contribution >= 4 is 29.0 Å². The van der Waals surface area contributed by atoms with Crippen LogP contribution in [0.25, 0.3) is 0 Å². The predicted octanol–water partition coefficient (Wildman–Crippen LogP) is 4.38. The van der Waals surface area contributed by atoms with Gasteiger partial charge in [-0.25, -0.2) is 0 Å². The zero-order valence-electron chi connectivity index (χ0n) is 18.0. The number of amides is 1. The first-order chi connectivity index (χ1) is 16.1. The summed E-state index contributed by atoms with van der Waals surface area (Å²) < 4.78 is 5.62. The van der Waals surface area contributed by atoms with Crippen molar-refractivity contribution in [3.05, 3.63) is 101 Å². The molecular formula is C26H24ClN3O3. The number of carbonyl (C=O) groups excluding carboxylic acids is 2. The molecule has 7 heteroatoms. The Hall–Kier alpha value is -3.35. The molecule has 5 rings (SSSR count). The molecule has 2 aliphatic heterocycles. The first kappa shape index (κ1) is 21.5. The summed E-state index contributed by atoms with van der Waals surface area (Å²) in [5, 5.41) is 6.39. The minimum absolute atomic E-state index is 0.00562. The Kier molecular flexibility index (Phi) is 6.03. The minimum atomic E-state index is -0.273. The highest BCUT2D eigenvalue weighted by atomic mass is 35.5. The van der Waals surface area contributed by atoms with Gasteiger partial charge in [-0.2, -0.15) is 0 Å². The van der Waals surface area contributed by atoms with Gasteiger partial charge in [0.15, 0.2) is 5.78 Å². The molecule has 0 spiro atoms. The lowest BCUT2D eigenvalue weighted by Crippen LogP contribution is -2.48. The van der Waals surface area contributed by atoms with Crippen LogP contribution in [0.15, 0.2) is 84.4 Å². The molecule has 2 N–H and O–H groups in total. The topological polar surface area (TPSA) is 70.7 Å². The maximum atomic E-state index is 13.7. The molecule has 1 fully saturated rings. The number of halogens is 1. The average Bonchev–Trinajstić information content (AvgIpc) is 3.04. The summed E-state index contributed by atoms with van der Waals surface area (Å²) in [7, 11) is 0. The van der Waals surface area contributed by atoms with Crippen LogP contribution in [0.3, 0.4) is 0 Å². The second kappa shape index (κ2) is 9.25. The molecule has 33 heavy (non-hydrogen) atoms. The van der Waals surface area contributed by atoms with Crippen molar-refractivity contribution in [2.24, 2.45) is 5.92 Å². The highest BCUT2D eigenvalue weighted by molar-refractivity contribution is 6.34. The van der Waals surface area contributed by atoms with Gasteiger partial charge in [-0.05, 0) is 42.3 Å². The summed E-state index contributed by atoms with van der Waals surface area (Å²) in [6, 6.07) is 13.9. The van der Waals surface area contributed by atoms with Crippen molar-refractivity contribution in [3.8, 4) is 0 Å². The number of Topliss-reactive ketones (excluding diaryl/α,β-unsaturated/α-hetero) is 1. The van der Waals surface area contributed by atoms with Gasteiger partial charge in [-0.15, -0.1) is 0 Å². The number of anilines is 1. The van der Waals surface area contributed by atoms with E-state index in [1.54, 1.807) is 30.3 Å².